The van der Waals surface area contributed by atoms with E-state index in [1.165, 1.54) is 12.4 Å². The number of alkyl halides is 2. The molecule has 0 fully saturated rings. The highest BCUT2D eigenvalue weighted by atomic mass is 19.3. The van der Waals surface area contributed by atoms with E-state index in [1.54, 1.807) is 6.08 Å². The van der Waals surface area contributed by atoms with Gasteiger partial charge in [-0.3, -0.25) is 4.99 Å². The van der Waals surface area contributed by atoms with Crippen LogP contribution in [0.15, 0.2) is 29.5 Å². The van der Waals surface area contributed by atoms with Crippen LogP contribution in [0.5, 0.6) is 0 Å². The second-order valence-corrected chi connectivity index (χ2v) is 2.85. The highest BCUT2D eigenvalue weighted by Crippen LogP contribution is 2.10. The summed E-state index contributed by atoms with van der Waals surface area (Å²) in [7, 11) is 0. The minimum atomic E-state index is -2.60. The van der Waals surface area contributed by atoms with E-state index in [2.05, 4.69) is 10.1 Å². The number of allylic oxidation sites excluding steroid dienone is 2. The van der Waals surface area contributed by atoms with Crippen molar-refractivity contribution in [2.24, 2.45) is 4.99 Å². The number of nitrogens with zero attached hydrogens (tertiary/aromatic N) is 3. The van der Waals surface area contributed by atoms with Gasteiger partial charge in [0.2, 0.25) is 0 Å². The van der Waals surface area contributed by atoms with Gasteiger partial charge in [0.05, 0.1) is 11.9 Å². The van der Waals surface area contributed by atoms with Crippen LogP contribution in [0.1, 0.15) is 39.8 Å². The van der Waals surface area contributed by atoms with Crippen LogP contribution >= 0.6 is 0 Å². The molecule has 0 aliphatic heterocycles. The second kappa shape index (κ2) is 8.61. The van der Waals surface area contributed by atoms with Crippen LogP contribution in [-0.2, 0) is 0 Å². The molecule has 0 unspecified atom stereocenters. The SMILES string of the molecule is C/C=C\C(=NCC)c1cnn(C(F)F)c1.CC. The molecule has 0 aliphatic rings. The monoisotopic (exact) mass is 243 g/mol. The molecule has 1 rings (SSSR count). The van der Waals surface area contributed by atoms with Crippen molar-refractivity contribution < 1.29 is 8.78 Å². The van der Waals surface area contributed by atoms with E-state index in [4.69, 9.17) is 0 Å². The van der Waals surface area contributed by atoms with Crippen LogP contribution in [-0.4, -0.2) is 22.0 Å². The summed E-state index contributed by atoms with van der Waals surface area (Å²) in [5, 5.41) is 3.55. The van der Waals surface area contributed by atoms with Crippen LogP contribution < -0.4 is 0 Å². The quantitative estimate of drug-likeness (QED) is 0.742. The van der Waals surface area contributed by atoms with E-state index >= 15 is 0 Å². The lowest BCUT2D eigenvalue weighted by Gasteiger charge is -1.97. The Kier molecular flexibility index (Phi) is 7.84. The van der Waals surface area contributed by atoms with Gasteiger partial charge in [-0.1, -0.05) is 19.9 Å². The fourth-order valence-corrected chi connectivity index (χ4v) is 1.15. The number of hydrogen-bond acceptors (Lipinski definition) is 2. The first-order valence-corrected chi connectivity index (χ1v) is 5.68. The molecule has 0 aromatic carbocycles. The number of halogens is 2. The molecule has 1 aromatic heterocycles. The first-order valence-electron chi connectivity index (χ1n) is 5.68. The van der Waals surface area contributed by atoms with Crippen molar-refractivity contribution in [2.75, 3.05) is 6.54 Å². The summed E-state index contributed by atoms with van der Waals surface area (Å²) in [5.74, 6) is 0. The average Bonchev–Trinajstić information content (AvgIpc) is 2.81. The lowest BCUT2D eigenvalue weighted by molar-refractivity contribution is 0.0566. The third-order valence-corrected chi connectivity index (χ3v) is 1.75. The Morgan fingerprint density at radius 2 is 2.18 bits per heavy atom. The summed E-state index contributed by atoms with van der Waals surface area (Å²) < 4.78 is 25.1. The highest BCUT2D eigenvalue weighted by molar-refractivity contribution is 6.08. The van der Waals surface area contributed by atoms with Crippen molar-refractivity contribution in [2.45, 2.75) is 34.2 Å². The van der Waals surface area contributed by atoms with Crippen molar-refractivity contribution >= 4 is 5.71 Å². The Balaban J connectivity index is 0.00000121. The normalized spacial score (nSPS) is 11.8. The van der Waals surface area contributed by atoms with Gasteiger partial charge in [-0.25, -0.2) is 4.68 Å². The first-order chi connectivity index (χ1) is 8.19. The van der Waals surface area contributed by atoms with Crippen molar-refractivity contribution in [1.82, 2.24) is 9.78 Å². The molecule has 0 saturated heterocycles. The molecule has 1 aromatic rings. The maximum absolute atomic E-state index is 12.3. The van der Waals surface area contributed by atoms with Crippen molar-refractivity contribution in [1.29, 1.82) is 0 Å². The number of hydrogen-bond donors (Lipinski definition) is 0. The Bertz CT molecular complexity index is 368. The van der Waals surface area contributed by atoms with Gasteiger partial charge in [0, 0.05) is 18.3 Å². The van der Waals surface area contributed by atoms with Gasteiger partial charge in [0.1, 0.15) is 0 Å². The molecule has 0 radical (unpaired) electrons. The average molecular weight is 243 g/mol. The molecule has 5 heteroatoms. The lowest BCUT2D eigenvalue weighted by atomic mass is 10.2. The maximum atomic E-state index is 12.3. The lowest BCUT2D eigenvalue weighted by Crippen LogP contribution is -1.99. The predicted octanol–water partition coefficient (Wildman–Crippen LogP) is 3.69. The van der Waals surface area contributed by atoms with Crippen molar-refractivity contribution in [3.63, 3.8) is 0 Å². The molecule has 1 heterocycles. The molecule has 0 aliphatic carbocycles. The van der Waals surface area contributed by atoms with E-state index in [-0.39, 0.29) is 0 Å². The Labute approximate surface area is 101 Å². The summed E-state index contributed by atoms with van der Waals surface area (Å²) >= 11 is 0. The molecule has 0 amide bonds. The predicted molar refractivity (Wildman–Crippen MR) is 66.7 cm³/mol. The van der Waals surface area contributed by atoms with Gasteiger partial charge in [-0.2, -0.15) is 13.9 Å². The zero-order chi connectivity index (χ0) is 13.3. The van der Waals surface area contributed by atoms with Gasteiger partial charge >= 0.3 is 6.55 Å². The smallest absolute Gasteiger partial charge is 0.285 e. The fourth-order valence-electron chi connectivity index (χ4n) is 1.15. The third kappa shape index (κ3) is 4.89. The molecule has 0 spiro atoms. The van der Waals surface area contributed by atoms with Crippen LogP contribution in [0, 0.1) is 0 Å². The van der Waals surface area contributed by atoms with E-state index in [1.807, 2.05) is 33.8 Å². The molecule has 0 N–H and O–H groups in total. The summed E-state index contributed by atoms with van der Waals surface area (Å²) in [6.07, 6.45) is 6.27. The fraction of sp³-hybridized carbons (Fsp3) is 0.500. The molecule has 0 atom stereocenters. The summed E-state index contributed by atoms with van der Waals surface area (Å²) in [4.78, 5) is 4.19. The molecule has 0 saturated carbocycles. The molecular formula is C12H19F2N3. The van der Waals surface area contributed by atoms with Gasteiger partial charge in [-0.15, -0.1) is 0 Å². The Morgan fingerprint density at radius 3 is 2.59 bits per heavy atom. The number of rotatable bonds is 4. The van der Waals surface area contributed by atoms with E-state index in [0.29, 0.717) is 22.5 Å². The van der Waals surface area contributed by atoms with E-state index in [0.717, 1.165) is 0 Å². The summed E-state index contributed by atoms with van der Waals surface area (Å²) in [6.45, 7) is 5.75. The molecule has 96 valence electrons. The molecular weight excluding hydrogens is 224 g/mol. The van der Waals surface area contributed by atoms with E-state index < -0.39 is 6.55 Å². The van der Waals surface area contributed by atoms with Crippen LogP contribution in [0.4, 0.5) is 8.78 Å². The van der Waals surface area contributed by atoms with Crippen molar-refractivity contribution in [3.05, 3.63) is 30.1 Å². The molecule has 17 heavy (non-hydrogen) atoms. The highest BCUT2D eigenvalue weighted by Gasteiger charge is 2.09. The number of aliphatic imine (C=N–C) groups is 1. The minimum absolute atomic E-state index is 0.607. The van der Waals surface area contributed by atoms with Gasteiger partial charge in [0.15, 0.2) is 0 Å². The van der Waals surface area contributed by atoms with Gasteiger partial charge in [-0.05, 0) is 19.9 Å². The topological polar surface area (TPSA) is 30.2 Å². The largest absolute Gasteiger partial charge is 0.333 e. The standard InChI is InChI=1S/C10H13F2N3.C2H6/c1-3-5-9(13-4-2)8-6-14-15(7-8)10(11)12;1-2/h3,5-7,10H,4H2,1-2H3;1-2H3/b5-3-,13-9?;. The van der Waals surface area contributed by atoms with Crippen LogP contribution in [0.3, 0.4) is 0 Å². The molecule has 3 nitrogen and oxygen atoms in total. The zero-order valence-electron chi connectivity index (χ0n) is 10.7. The zero-order valence-corrected chi connectivity index (χ0v) is 10.7. The maximum Gasteiger partial charge on any atom is 0.333 e. The minimum Gasteiger partial charge on any atom is -0.285 e. The first kappa shape index (κ1) is 15.5. The van der Waals surface area contributed by atoms with Crippen LogP contribution in [0.2, 0.25) is 0 Å². The molecule has 0 bridgehead atoms. The Morgan fingerprint density at radius 1 is 1.53 bits per heavy atom. The van der Waals surface area contributed by atoms with Gasteiger partial charge in [0.25, 0.3) is 0 Å². The second-order valence-electron chi connectivity index (χ2n) is 2.85. The number of aromatic nitrogens is 2. The van der Waals surface area contributed by atoms with Gasteiger partial charge < -0.3 is 0 Å². The van der Waals surface area contributed by atoms with Crippen LogP contribution in [0.25, 0.3) is 0 Å². The van der Waals surface area contributed by atoms with E-state index in [9.17, 15) is 8.78 Å². The van der Waals surface area contributed by atoms with Crippen molar-refractivity contribution in [3.8, 4) is 0 Å². The Hall–Kier alpha value is -1.52. The summed E-state index contributed by atoms with van der Waals surface area (Å²) in [6, 6.07) is 0. The third-order valence-electron chi connectivity index (χ3n) is 1.75. The summed E-state index contributed by atoms with van der Waals surface area (Å²) in [5.41, 5.74) is 1.28.